The van der Waals surface area contributed by atoms with Gasteiger partial charge in [0.1, 0.15) is 12.6 Å². The van der Waals surface area contributed by atoms with Gasteiger partial charge in [-0.2, -0.15) is 0 Å². The maximum Gasteiger partial charge on any atom is 0.408 e. The van der Waals surface area contributed by atoms with Gasteiger partial charge in [-0.25, -0.2) is 14.4 Å². The molecule has 32 heavy (non-hydrogen) atoms. The van der Waals surface area contributed by atoms with Gasteiger partial charge in [0.05, 0.1) is 0 Å². The quantitative estimate of drug-likeness (QED) is 0.494. The Kier molecular flexibility index (Phi) is 7.37. The van der Waals surface area contributed by atoms with Crippen LogP contribution in [0.15, 0.2) is 82.0 Å². The molecular weight excluding hydrogens is 416 g/mol. The summed E-state index contributed by atoms with van der Waals surface area (Å²) in [4.78, 5) is 48.2. The second-order valence-corrected chi connectivity index (χ2v) is 6.74. The number of alkyl carbamates (subject to hydrolysis) is 1. The van der Waals surface area contributed by atoms with Crippen LogP contribution < -0.4 is 16.3 Å². The Hall–Kier alpha value is -4.40. The van der Waals surface area contributed by atoms with Gasteiger partial charge in [0.25, 0.3) is 0 Å². The Morgan fingerprint density at radius 1 is 0.938 bits per heavy atom. The number of nitrogens with one attached hydrogen (secondary N) is 2. The first kappa shape index (κ1) is 22.3. The molecular formula is C23H20N2O7. The summed E-state index contributed by atoms with van der Waals surface area (Å²) < 4.78 is 9.92. The van der Waals surface area contributed by atoms with Gasteiger partial charge in [-0.1, -0.05) is 48.5 Å². The van der Waals surface area contributed by atoms with E-state index in [-0.39, 0.29) is 18.6 Å². The van der Waals surface area contributed by atoms with Gasteiger partial charge >= 0.3 is 17.7 Å². The third kappa shape index (κ3) is 6.30. The van der Waals surface area contributed by atoms with Gasteiger partial charge in [-0.05, 0) is 29.8 Å². The van der Waals surface area contributed by atoms with Crippen molar-refractivity contribution in [3.05, 3.63) is 100 Å². The van der Waals surface area contributed by atoms with Gasteiger partial charge in [0, 0.05) is 17.7 Å². The number of hydrogen-bond donors (Lipinski definition) is 3. The molecule has 0 aliphatic carbocycles. The molecule has 0 bridgehead atoms. The molecule has 0 aliphatic heterocycles. The number of para-hydroxylation sites is 1. The molecule has 2 amide bonds. The van der Waals surface area contributed by atoms with Gasteiger partial charge in [-0.3, -0.25) is 4.79 Å². The van der Waals surface area contributed by atoms with E-state index < -0.39 is 35.4 Å². The maximum absolute atomic E-state index is 12.8. The average molecular weight is 436 g/mol. The van der Waals surface area contributed by atoms with E-state index in [0.717, 1.165) is 11.6 Å². The fourth-order valence-corrected chi connectivity index (χ4v) is 2.80. The molecule has 1 heterocycles. The summed E-state index contributed by atoms with van der Waals surface area (Å²) in [7, 11) is 0. The molecule has 0 unspecified atom stereocenters. The van der Waals surface area contributed by atoms with E-state index >= 15 is 0 Å². The molecule has 0 radical (unpaired) electrons. The van der Waals surface area contributed by atoms with E-state index in [1.165, 1.54) is 6.07 Å². The number of carboxylic acids is 1. The van der Waals surface area contributed by atoms with Gasteiger partial charge < -0.3 is 24.9 Å². The lowest BCUT2D eigenvalue weighted by Gasteiger charge is -2.18. The molecule has 0 fully saturated rings. The van der Waals surface area contributed by atoms with E-state index in [0.29, 0.717) is 5.69 Å². The average Bonchev–Trinajstić information content (AvgIpc) is 2.79. The number of rotatable bonds is 8. The number of carboxylic acid groups (broad SMARTS) is 1. The van der Waals surface area contributed by atoms with Crippen molar-refractivity contribution in [2.24, 2.45) is 0 Å². The summed E-state index contributed by atoms with van der Waals surface area (Å²) in [6.45, 7) is -0.00482. The van der Waals surface area contributed by atoms with E-state index in [9.17, 15) is 19.2 Å². The normalized spacial score (nSPS) is 11.2. The number of carbonyl (C=O) groups excluding carboxylic acids is 2. The van der Waals surface area contributed by atoms with Crippen molar-refractivity contribution in [1.29, 1.82) is 0 Å². The summed E-state index contributed by atoms with van der Waals surface area (Å²) in [5.41, 5.74) is 0.362. The molecule has 3 N–H and O–H groups in total. The predicted molar refractivity (Wildman–Crippen MR) is 114 cm³/mol. The molecule has 0 saturated heterocycles. The third-order valence-corrected chi connectivity index (χ3v) is 4.40. The number of aromatic carboxylic acids is 1. The van der Waals surface area contributed by atoms with Crippen LogP contribution >= 0.6 is 0 Å². The molecule has 0 spiro atoms. The zero-order chi connectivity index (χ0) is 22.9. The van der Waals surface area contributed by atoms with Crippen molar-refractivity contribution in [3.63, 3.8) is 0 Å². The first-order valence-electron chi connectivity index (χ1n) is 9.62. The molecule has 0 saturated carbocycles. The Morgan fingerprint density at radius 3 is 2.22 bits per heavy atom. The lowest BCUT2D eigenvalue weighted by atomic mass is 10.1. The van der Waals surface area contributed by atoms with E-state index in [1.54, 1.807) is 54.6 Å². The smallest absolute Gasteiger partial charge is 0.408 e. The SMILES string of the molecule is O=C(N[C@H](Cc1ccc(C(=O)O)oc1=O)C(=O)Nc1ccccc1)OCc1ccccc1. The Morgan fingerprint density at radius 2 is 1.59 bits per heavy atom. The molecule has 164 valence electrons. The first-order valence-corrected chi connectivity index (χ1v) is 9.62. The Bertz CT molecular complexity index is 1140. The number of hydrogen-bond acceptors (Lipinski definition) is 6. The van der Waals surface area contributed by atoms with Crippen molar-refractivity contribution in [2.45, 2.75) is 19.1 Å². The summed E-state index contributed by atoms with van der Waals surface area (Å²) in [6, 6.07) is 18.7. The van der Waals surface area contributed by atoms with Crippen LogP contribution in [-0.2, 0) is 22.6 Å². The van der Waals surface area contributed by atoms with Crippen LogP contribution in [0.5, 0.6) is 0 Å². The molecule has 9 nitrogen and oxygen atoms in total. The zero-order valence-corrected chi connectivity index (χ0v) is 16.8. The van der Waals surface area contributed by atoms with Crippen LogP contribution in [0.1, 0.15) is 21.7 Å². The minimum absolute atomic E-state index is 0.00482. The number of anilines is 1. The fraction of sp³-hybridized carbons (Fsp3) is 0.130. The van der Waals surface area contributed by atoms with Crippen LogP contribution in [-0.4, -0.2) is 29.1 Å². The van der Waals surface area contributed by atoms with Gasteiger partial charge in [0.2, 0.25) is 11.7 Å². The molecule has 1 atom stereocenters. The highest BCUT2D eigenvalue weighted by molar-refractivity contribution is 5.96. The lowest BCUT2D eigenvalue weighted by Crippen LogP contribution is -2.46. The van der Waals surface area contributed by atoms with Crippen molar-refractivity contribution in [3.8, 4) is 0 Å². The monoisotopic (exact) mass is 436 g/mol. The van der Waals surface area contributed by atoms with Crippen molar-refractivity contribution in [2.75, 3.05) is 5.32 Å². The second-order valence-electron chi connectivity index (χ2n) is 6.74. The van der Waals surface area contributed by atoms with E-state index in [4.69, 9.17) is 14.3 Å². The third-order valence-electron chi connectivity index (χ3n) is 4.40. The van der Waals surface area contributed by atoms with Crippen LogP contribution in [0, 0.1) is 0 Å². The van der Waals surface area contributed by atoms with Crippen LogP contribution in [0.3, 0.4) is 0 Å². The van der Waals surface area contributed by atoms with Crippen LogP contribution in [0.2, 0.25) is 0 Å². The van der Waals surface area contributed by atoms with Crippen molar-refractivity contribution in [1.82, 2.24) is 5.32 Å². The highest BCUT2D eigenvalue weighted by Gasteiger charge is 2.24. The van der Waals surface area contributed by atoms with Crippen LogP contribution in [0.4, 0.5) is 10.5 Å². The fourth-order valence-electron chi connectivity index (χ4n) is 2.80. The highest BCUT2D eigenvalue weighted by atomic mass is 16.5. The number of ether oxygens (including phenoxy) is 1. The van der Waals surface area contributed by atoms with Gasteiger partial charge in [0.15, 0.2) is 0 Å². The Balaban J connectivity index is 1.74. The predicted octanol–water partition coefficient (Wildman–Crippen LogP) is 2.81. The first-order chi connectivity index (χ1) is 15.4. The van der Waals surface area contributed by atoms with Crippen molar-refractivity contribution < 1.29 is 28.6 Å². The summed E-state index contributed by atoms with van der Waals surface area (Å²) >= 11 is 0. The van der Waals surface area contributed by atoms with E-state index in [2.05, 4.69) is 10.6 Å². The second kappa shape index (κ2) is 10.6. The van der Waals surface area contributed by atoms with E-state index in [1.807, 2.05) is 6.07 Å². The molecule has 3 aromatic rings. The largest absolute Gasteiger partial charge is 0.475 e. The maximum atomic E-state index is 12.8. The molecule has 0 aliphatic rings. The van der Waals surface area contributed by atoms with Crippen molar-refractivity contribution >= 4 is 23.7 Å². The summed E-state index contributed by atoms with van der Waals surface area (Å²) in [5, 5.41) is 14.0. The van der Waals surface area contributed by atoms with Gasteiger partial charge in [-0.15, -0.1) is 0 Å². The molecule has 9 heteroatoms. The molecule has 3 rings (SSSR count). The molecule has 1 aromatic heterocycles. The minimum Gasteiger partial charge on any atom is -0.475 e. The van der Waals surface area contributed by atoms with Crippen LogP contribution in [0.25, 0.3) is 0 Å². The summed E-state index contributed by atoms with van der Waals surface area (Å²) in [5.74, 6) is -2.51. The molecule has 2 aromatic carbocycles. The summed E-state index contributed by atoms with van der Waals surface area (Å²) in [6.07, 6.45) is -1.09. The standard InChI is InChI=1S/C23H20N2O7/c26-20(24-17-9-5-2-6-10-17)18(13-16-11-12-19(21(27)28)32-22(16)29)25-23(30)31-14-15-7-3-1-4-8-15/h1-12,18H,13-14H2,(H,24,26)(H,25,30)(H,27,28)/t18-/m1/s1. The zero-order valence-electron chi connectivity index (χ0n) is 16.8. The minimum atomic E-state index is -1.39. The topological polar surface area (TPSA) is 135 Å². The number of benzene rings is 2. The number of amides is 2. The lowest BCUT2D eigenvalue weighted by molar-refractivity contribution is -0.118. The highest BCUT2D eigenvalue weighted by Crippen LogP contribution is 2.09. The number of carbonyl (C=O) groups is 3. The Labute approximate surface area is 182 Å².